The molecule has 3 aromatic rings. The quantitative estimate of drug-likeness (QED) is 0.427. The SMILES string of the molecule is CC1c2ncc(COCc3ccncc3)n2CCN1c1ncc(F)cn1.O=C(O)C(F)(F)F.O=C(O)C(F)(F)F. The first-order valence-corrected chi connectivity index (χ1v) is 11.0. The molecule has 0 bridgehead atoms. The minimum atomic E-state index is -5.08. The Labute approximate surface area is 220 Å². The number of carboxylic acids is 2. The Balaban J connectivity index is 0.000000333. The highest BCUT2D eigenvalue weighted by Crippen LogP contribution is 2.28. The van der Waals surface area contributed by atoms with Crippen molar-refractivity contribution in [3.05, 3.63) is 66.0 Å². The molecule has 0 amide bonds. The van der Waals surface area contributed by atoms with Gasteiger partial charge < -0.3 is 24.4 Å². The van der Waals surface area contributed by atoms with Gasteiger partial charge >= 0.3 is 24.3 Å². The summed E-state index contributed by atoms with van der Waals surface area (Å²) < 4.78 is 84.5. The lowest BCUT2D eigenvalue weighted by atomic mass is 10.2. The second-order valence-electron chi connectivity index (χ2n) is 7.78. The number of anilines is 1. The van der Waals surface area contributed by atoms with E-state index in [2.05, 4.69) is 24.5 Å². The van der Waals surface area contributed by atoms with Crippen molar-refractivity contribution in [2.45, 2.75) is 45.1 Å². The number of fused-ring (bicyclic) bond motifs is 1. The van der Waals surface area contributed by atoms with Crippen LogP contribution >= 0.6 is 0 Å². The molecule has 0 fully saturated rings. The van der Waals surface area contributed by atoms with Gasteiger partial charge in [-0.3, -0.25) is 4.98 Å². The third-order valence-corrected chi connectivity index (χ3v) is 4.99. The van der Waals surface area contributed by atoms with Gasteiger partial charge in [0.15, 0.2) is 5.82 Å². The number of halogens is 7. The van der Waals surface area contributed by atoms with Crippen molar-refractivity contribution < 1.29 is 55.3 Å². The van der Waals surface area contributed by atoms with Crippen molar-refractivity contribution >= 4 is 17.9 Å². The first-order chi connectivity index (χ1) is 18.6. The van der Waals surface area contributed by atoms with E-state index in [9.17, 15) is 30.7 Å². The number of hydrogen-bond acceptors (Lipinski definition) is 8. The summed E-state index contributed by atoms with van der Waals surface area (Å²) in [5.74, 6) is -4.50. The second kappa shape index (κ2) is 13.6. The van der Waals surface area contributed by atoms with Crippen LogP contribution in [0.1, 0.15) is 30.0 Å². The van der Waals surface area contributed by atoms with Gasteiger partial charge in [-0.2, -0.15) is 26.3 Å². The maximum absolute atomic E-state index is 13.1. The molecule has 0 radical (unpaired) electrons. The van der Waals surface area contributed by atoms with Crippen molar-refractivity contribution in [3.63, 3.8) is 0 Å². The van der Waals surface area contributed by atoms with E-state index < -0.39 is 30.1 Å². The molecular weight excluding hydrogens is 561 g/mol. The Hall–Kier alpha value is -4.35. The fraction of sp³-hybridized carbons (Fsp3) is 0.364. The second-order valence-corrected chi connectivity index (χ2v) is 7.78. The molecule has 0 saturated heterocycles. The molecule has 40 heavy (non-hydrogen) atoms. The lowest BCUT2D eigenvalue weighted by Gasteiger charge is -2.34. The summed E-state index contributed by atoms with van der Waals surface area (Å²) in [5, 5.41) is 14.2. The zero-order valence-corrected chi connectivity index (χ0v) is 20.4. The summed E-state index contributed by atoms with van der Waals surface area (Å²) in [4.78, 5) is 36.6. The van der Waals surface area contributed by atoms with Crippen molar-refractivity contribution in [2.75, 3.05) is 11.4 Å². The van der Waals surface area contributed by atoms with Crippen LogP contribution in [0.4, 0.5) is 36.7 Å². The highest BCUT2D eigenvalue weighted by molar-refractivity contribution is 5.73. The van der Waals surface area contributed by atoms with Crippen molar-refractivity contribution in [3.8, 4) is 0 Å². The van der Waals surface area contributed by atoms with Crippen LogP contribution in [0.15, 0.2) is 43.1 Å². The Kier molecular flexibility index (Phi) is 10.9. The molecule has 1 unspecified atom stereocenters. The average molecular weight is 582 g/mol. The molecule has 1 atom stereocenters. The predicted molar refractivity (Wildman–Crippen MR) is 120 cm³/mol. The number of carboxylic acid groups (broad SMARTS) is 2. The van der Waals surface area contributed by atoms with Gasteiger partial charge in [-0.1, -0.05) is 0 Å². The van der Waals surface area contributed by atoms with Gasteiger partial charge in [-0.25, -0.2) is 28.9 Å². The fourth-order valence-corrected chi connectivity index (χ4v) is 3.15. The van der Waals surface area contributed by atoms with E-state index in [1.165, 1.54) is 12.4 Å². The number of imidazole rings is 1. The van der Waals surface area contributed by atoms with Crippen LogP contribution in [0.25, 0.3) is 0 Å². The van der Waals surface area contributed by atoms with Crippen molar-refractivity contribution in [2.24, 2.45) is 0 Å². The van der Waals surface area contributed by atoms with Crippen molar-refractivity contribution in [1.29, 1.82) is 0 Å². The summed E-state index contributed by atoms with van der Waals surface area (Å²) in [6.45, 7) is 4.57. The molecule has 4 heterocycles. The van der Waals surface area contributed by atoms with Crippen LogP contribution in [0.2, 0.25) is 0 Å². The average Bonchev–Trinajstić information content (AvgIpc) is 3.29. The minimum absolute atomic E-state index is 0.00292. The molecule has 218 valence electrons. The van der Waals surface area contributed by atoms with Gasteiger partial charge in [0.1, 0.15) is 5.82 Å². The molecule has 18 heteroatoms. The van der Waals surface area contributed by atoms with E-state index in [1.54, 1.807) is 12.4 Å². The maximum atomic E-state index is 13.1. The number of ether oxygens (including phenoxy) is 1. The minimum Gasteiger partial charge on any atom is -0.475 e. The molecule has 2 N–H and O–H groups in total. The standard InChI is InChI=1S/C18H19FN6O.2C2HF3O2/c1-13-17-21-10-16(12-26-11-14-2-4-20-5-3-14)25(17)7-6-24(13)18-22-8-15(19)9-23-18;2*3-2(4,5)1(6)7/h2-5,8-10,13H,6-7,11-12H2,1H3;2*(H,6,7). The molecule has 1 aliphatic heterocycles. The normalized spacial score (nSPS) is 14.7. The van der Waals surface area contributed by atoms with Gasteiger partial charge in [-0.05, 0) is 24.6 Å². The van der Waals surface area contributed by atoms with E-state index >= 15 is 0 Å². The number of rotatable bonds is 5. The monoisotopic (exact) mass is 582 g/mol. The maximum Gasteiger partial charge on any atom is 0.490 e. The number of carbonyl (C=O) groups is 2. The molecule has 1 aliphatic rings. The van der Waals surface area contributed by atoms with Crippen LogP contribution in [0, 0.1) is 5.82 Å². The van der Waals surface area contributed by atoms with Gasteiger partial charge in [0.2, 0.25) is 5.95 Å². The fourth-order valence-electron chi connectivity index (χ4n) is 3.15. The Morgan fingerprint density at radius 1 is 0.925 bits per heavy atom. The van der Waals surface area contributed by atoms with Gasteiger partial charge in [-0.15, -0.1) is 0 Å². The third kappa shape index (κ3) is 9.44. The predicted octanol–water partition coefficient (Wildman–Crippen LogP) is 3.77. The molecule has 4 rings (SSSR count). The van der Waals surface area contributed by atoms with E-state index in [1.807, 2.05) is 30.2 Å². The van der Waals surface area contributed by atoms with Gasteiger partial charge in [0.25, 0.3) is 0 Å². The smallest absolute Gasteiger partial charge is 0.475 e. The summed E-state index contributed by atoms with van der Waals surface area (Å²) in [5.41, 5.74) is 2.13. The highest BCUT2D eigenvalue weighted by Gasteiger charge is 2.39. The number of alkyl halides is 6. The molecule has 0 spiro atoms. The lowest BCUT2D eigenvalue weighted by Crippen LogP contribution is -2.38. The molecule has 0 aliphatic carbocycles. The first kappa shape index (κ1) is 31.9. The van der Waals surface area contributed by atoms with E-state index in [4.69, 9.17) is 24.5 Å². The number of nitrogens with zero attached hydrogens (tertiary/aromatic N) is 6. The number of hydrogen-bond donors (Lipinski definition) is 2. The topological polar surface area (TPSA) is 144 Å². The number of aliphatic carboxylic acids is 2. The zero-order valence-electron chi connectivity index (χ0n) is 20.4. The van der Waals surface area contributed by atoms with Crippen LogP contribution in [-0.4, -0.2) is 65.6 Å². The largest absolute Gasteiger partial charge is 0.490 e. The molecule has 0 saturated carbocycles. The highest BCUT2D eigenvalue weighted by atomic mass is 19.4. The van der Waals surface area contributed by atoms with E-state index in [0.29, 0.717) is 19.2 Å². The number of aromatic nitrogens is 5. The molecular formula is C22H21F7N6O5. The first-order valence-electron chi connectivity index (χ1n) is 11.0. The van der Waals surface area contributed by atoms with E-state index in [-0.39, 0.29) is 6.04 Å². The Morgan fingerprint density at radius 3 is 1.95 bits per heavy atom. The third-order valence-electron chi connectivity index (χ3n) is 4.99. The number of pyridine rings is 1. The Morgan fingerprint density at radius 2 is 1.45 bits per heavy atom. The van der Waals surface area contributed by atoms with Crippen LogP contribution in [-0.2, 0) is 34.1 Å². The van der Waals surface area contributed by atoms with Crippen LogP contribution in [0.5, 0.6) is 0 Å². The zero-order chi connectivity index (χ0) is 30.1. The van der Waals surface area contributed by atoms with E-state index in [0.717, 1.165) is 30.2 Å². The van der Waals surface area contributed by atoms with Crippen molar-refractivity contribution in [1.82, 2.24) is 24.5 Å². The molecule has 0 aromatic carbocycles. The molecule has 11 nitrogen and oxygen atoms in total. The summed E-state index contributed by atoms with van der Waals surface area (Å²) in [6.07, 6.45) is -2.42. The lowest BCUT2D eigenvalue weighted by molar-refractivity contribution is -0.193. The van der Waals surface area contributed by atoms with Crippen LogP contribution < -0.4 is 4.90 Å². The molecule has 3 aromatic heterocycles. The Bertz CT molecular complexity index is 1230. The summed E-state index contributed by atoms with van der Waals surface area (Å²) in [7, 11) is 0. The summed E-state index contributed by atoms with van der Waals surface area (Å²) in [6, 6.07) is 3.88. The summed E-state index contributed by atoms with van der Waals surface area (Å²) >= 11 is 0. The van der Waals surface area contributed by atoms with Gasteiger partial charge in [0, 0.05) is 25.5 Å². The van der Waals surface area contributed by atoms with Crippen LogP contribution in [0.3, 0.4) is 0 Å². The van der Waals surface area contributed by atoms with Gasteiger partial charge in [0.05, 0.1) is 43.5 Å².